The van der Waals surface area contributed by atoms with Crippen LogP contribution in [0.4, 0.5) is 25.7 Å². The Bertz CT molecular complexity index is 881. The van der Waals surface area contributed by atoms with Gasteiger partial charge in [0, 0.05) is 30.4 Å². The smallest absolute Gasteiger partial charge is 0.325 e. The number of rotatable bonds is 5. The van der Waals surface area contributed by atoms with Crippen molar-refractivity contribution in [3.8, 4) is 0 Å². The van der Waals surface area contributed by atoms with Crippen molar-refractivity contribution >= 4 is 45.6 Å². The minimum atomic E-state index is -0.459. The van der Waals surface area contributed by atoms with E-state index in [2.05, 4.69) is 20.8 Å². The summed E-state index contributed by atoms with van der Waals surface area (Å²) in [5.41, 5.74) is 1.61. The SMILES string of the molecule is CN(C)c1ccc(Sc2nnc(NC(=O)Nc3ccc(F)cc3)s2)cc1. The van der Waals surface area contributed by atoms with Gasteiger partial charge < -0.3 is 10.2 Å². The summed E-state index contributed by atoms with van der Waals surface area (Å²) in [7, 11) is 3.98. The lowest BCUT2D eigenvalue weighted by Gasteiger charge is -2.11. The first-order valence-electron chi connectivity index (χ1n) is 7.62. The van der Waals surface area contributed by atoms with Gasteiger partial charge in [0.1, 0.15) is 5.82 Å². The zero-order chi connectivity index (χ0) is 18.5. The van der Waals surface area contributed by atoms with Crippen LogP contribution in [-0.2, 0) is 0 Å². The molecule has 0 aliphatic rings. The molecule has 1 heterocycles. The second-order valence-corrected chi connectivity index (χ2v) is 7.75. The van der Waals surface area contributed by atoms with Crippen molar-refractivity contribution in [1.82, 2.24) is 10.2 Å². The molecular weight excluding hydrogens is 373 g/mol. The van der Waals surface area contributed by atoms with Gasteiger partial charge in [-0.05, 0) is 48.5 Å². The van der Waals surface area contributed by atoms with Crippen LogP contribution < -0.4 is 15.5 Å². The lowest BCUT2D eigenvalue weighted by Crippen LogP contribution is -2.19. The van der Waals surface area contributed by atoms with Crippen LogP contribution in [0.3, 0.4) is 0 Å². The maximum atomic E-state index is 12.9. The molecule has 3 aromatic rings. The maximum Gasteiger partial charge on any atom is 0.325 e. The Labute approximate surface area is 158 Å². The molecule has 2 aromatic carbocycles. The third kappa shape index (κ3) is 4.93. The number of carbonyl (C=O) groups is 1. The van der Waals surface area contributed by atoms with Gasteiger partial charge >= 0.3 is 6.03 Å². The van der Waals surface area contributed by atoms with Crippen LogP contribution >= 0.6 is 23.1 Å². The molecular formula is C17H16FN5OS2. The number of benzene rings is 2. The summed E-state index contributed by atoms with van der Waals surface area (Å²) >= 11 is 2.75. The van der Waals surface area contributed by atoms with Crippen molar-refractivity contribution in [1.29, 1.82) is 0 Å². The number of urea groups is 1. The van der Waals surface area contributed by atoms with Crippen molar-refractivity contribution in [2.24, 2.45) is 0 Å². The molecule has 0 radical (unpaired) electrons. The molecule has 2 N–H and O–H groups in total. The molecule has 0 bridgehead atoms. The number of aromatic nitrogens is 2. The molecule has 0 unspecified atom stereocenters. The first-order chi connectivity index (χ1) is 12.5. The van der Waals surface area contributed by atoms with Crippen molar-refractivity contribution in [2.75, 3.05) is 29.6 Å². The van der Waals surface area contributed by atoms with Gasteiger partial charge in [-0.3, -0.25) is 5.32 Å². The van der Waals surface area contributed by atoms with E-state index in [1.807, 2.05) is 43.3 Å². The number of hydrogen-bond donors (Lipinski definition) is 2. The molecule has 9 heteroatoms. The molecule has 1 aromatic heterocycles. The monoisotopic (exact) mass is 389 g/mol. The average molecular weight is 389 g/mol. The number of halogens is 1. The van der Waals surface area contributed by atoms with Crippen LogP contribution in [-0.4, -0.2) is 30.3 Å². The van der Waals surface area contributed by atoms with E-state index >= 15 is 0 Å². The first-order valence-corrected chi connectivity index (χ1v) is 9.25. The van der Waals surface area contributed by atoms with Crippen LogP contribution in [0.1, 0.15) is 0 Å². The van der Waals surface area contributed by atoms with E-state index in [-0.39, 0.29) is 5.82 Å². The zero-order valence-corrected chi connectivity index (χ0v) is 15.7. The quantitative estimate of drug-likeness (QED) is 0.627. The van der Waals surface area contributed by atoms with Gasteiger partial charge in [0.05, 0.1) is 0 Å². The maximum absolute atomic E-state index is 12.9. The molecule has 0 fully saturated rings. The van der Waals surface area contributed by atoms with E-state index in [0.29, 0.717) is 10.8 Å². The minimum absolute atomic E-state index is 0.361. The lowest BCUT2D eigenvalue weighted by atomic mass is 10.3. The second kappa shape index (κ2) is 8.15. The van der Waals surface area contributed by atoms with Gasteiger partial charge in [-0.15, -0.1) is 10.2 Å². The molecule has 0 aliphatic carbocycles. The Balaban J connectivity index is 1.57. The average Bonchev–Trinajstić information content (AvgIpc) is 3.04. The third-order valence-electron chi connectivity index (χ3n) is 3.29. The fourth-order valence-electron chi connectivity index (χ4n) is 2.01. The molecule has 0 saturated heterocycles. The summed E-state index contributed by atoms with van der Waals surface area (Å²) in [5.74, 6) is -0.361. The molecule has 134 valence electrons. The van der Waals surface area contributed by atoms with Crippen LogP contribution in [0, 0.1) is 5.82 Å². The minimum Gasteiger partial charge on any atom is -0.378 e. The number of hydrogen-bond acceptors (Lipinski definition) is 6. The van der Waals surface area contributed by atoms with Gasteiger partial charge in [-0.25, -0.2) is 9.18 Å². The summed E-state index contributed by atoms with van der Waals surface area (Å²) in [5, 5.41) is 13.6. The van der Waals surface area contributed by atoms with E-state index in [0.717, 1.165) is 14.9 Å². The second-order valence-electron chi connectivity index (χ2n) is 5.45. The Morgan fingerprint density at radius 3 is 2.38 bits per heavy atom. The highest BCUT2D eigenvalue weighted by Crippen LogP contribution is 2.32. The number of carbonyl (C=O) groups excluding carboxylic acids is 1. The lowest BCUT2D eigenvalue weighted by molar-refractivity contribution is 0.262. The number of amides is 2. The molecule has 6 nitrogen and oxygen atoms in total. The molecule has 0 atom stereocenters. The van der Waals surface area contributed by atoms with E-state index < -0.39 is 6.03 Å². The standard InChI is InChI=1S/C17H16FN5OS2/c1-23(2)13-7-9-14(10-8-13)25-17-22-21-16(26-17)20-15(24)19-12-5-3-11(18)4-6-12/h3-10H,1-2H3,(H2,19,20,21,24). The summed E-state index contributed by atoms with van der Waals surface area (Å²) in [6, 6.07) is 13.1. The van der Waals surface area contributed by atoms with Crippen molar-refractivity contribution in [3.63, 3.8) is 0 Å². The highest BCUT2D eigenvalue weighted by Gasteiger charge is 2.10. The largest absolute Gasteiger partial charge is 0.378 e. The predicted molar refractivity (Wildman–Crippen MR) is 104 cm³/mol. The fraction of sp³-hybridized carbons (Fsp3) is 0.118. The van der Waals surface area contributed by atoms with Gasteiger partial charge in [0.25, 0.3) is 0 Å². The Morgan fingerprint density at radius 1 is 1.04 bits per heavy atom. The molecule has 0 saturated carbocycles. The summed E-state index contributed by atoms with van der Waals surface area (Å²) in [6.07, 6.45) is 0. The highest BCUT2D eigenvalue weighted by atomic mass is 32.2. The Morgan fingerprint density at radius 2 is 1.73 bits per heavy atom. The van der Waals surface area contributed by atoms with Gasteiger partial charge in [0.2, 0.25) is 5.13 Å². The van der Waals surface area contributed by atoms with E-state index in [4.69, 9.17) is 0 Å². The number of anilines is 3. The van der Waals surface area contributed by atoms with E-state index in [9.17, 15) is 9.18 Å². The fourth-order valence-corrected chi connectivity index (χ4v) is 3.73. The van der Waals surface area contributed by atoms with Crippen molar-refractivity contribution in [3.05, 3.63) is 54.3 Å². The van der Waals surface area contributed by atoms with E-state index in [1.54, 1.807) is 0 Å². The van der Waals surface area contributed by atoms with Crippen molar-refractivity contribution in [2.45, 2.75) is 9.24 Å². The number of nitrogens with zero attached hydrogens (tertiary/aromatic N) is 3. The highest BCUT2D eigenvalue weighted by molar-refractivity contribution is 8.01. The van der Waals surface area contributed by atoms with Gasteiger partial charge in [-0.1, -0.05) is 23.1 Å². The molecule has 3 rings (SSSR count). The molecule has 0 spiro atoms. The van der Waals surface area contributed by atoms with Crippen molar-refractivity contribution < 1.29 is 9.18 Å². The Kier molecular flexibility index (Phi) is 5.69. The number of nitrogens with one attached hydrogen (secondary N) is 2. The van der Waals surface area contributed by atoms with Gasteiger partial charge in [-0.2, -0.15) is 0 Å². The zero-order valence-electron chi connectivity index (χ0n) is 14.1. The Hall–Kier alpha value is -2.65. The molecule has 0 aliphatic heterocycles. The van der Waals surface area contributed by atoms with Crippen LogP contribution in [0.2, 0.25) is 0 Å². The molecule has 26 heavy (non-hydrogen) atoms. The predicted octanol–water partition coefficient (Wildman–Crippen LogP) is 4.54. The topological polar surface area (TPSA) is 70.2 Å². The van der Waals surface area contributed by atoms with E-state index in [1.165, 1.54) is 47.4 Å². The first kappa shape index (κ1) is 18.2. The summed E-state index contributed by atoms with van der Waals surface area (Å²) in [6.45, 7) is 0. The summed E-state index contributed by atoms with van der Waals surface area (Å²) < 4.78 is 13.6. The normalized spacial score (nSPS) is 10.4. The van der Waals surface area contributed by atoms with Crippen LogP contribution in [0.15, 0.2) is 57.8 Å². The third-order valence-corrected chi connectivity index (χ3v) is 5.18. The molecule has 2 amide bonds. The van der Waals surface area contributed by atoms with Crippen LogP contribution in [0.5, 0.6) is 0 Å². The van der Waals surface area contributed by atoms with Crippen LogP contribution in [0.25, 0.3) is 0 Å². The van der Waals surface area contributed by atoms with Gasteiger partial charge in [0.15, 0.2) is 4.34 Å². The summed E-state index contributed by atoms with van der Waals surface area (Å²) in [4.78, 5) is 15.0.